The average Bonchev–Trinajstić information content (AvgIpc) is 3.29. The molecule has 1 aromatic heterocycles. The molecule has 0 spiro atoms. The van der Waals surface area contributed by atoms with E-state index in [0.29, 0.717) is 0 Å². The highest BCUT2D eigenvalue weighted by Gasteiger charge is 2.23. The van der Waals surface area contributed by atoms with E-state index in [0.717, 1.165) is 33.8 Å². The van der Waals surface area contributed by atoms with Crippen molar-refractivity contribution in [2.24, 2.45) is 5.10 Å². The van der Waals surface area contributed by atoms with Crippen LogP contribution in [0.3, 0.4) is 0 Å². The molecule has 190 valence electrons. The van der Waals surface area contributed by atoms with Gasteiger partial charge in [-0.3, -0.25) is 20.3 Å². The van der Waals surface area contributed by atoms with Gasteiger partial charge in [0, 0.05) is 28.6 Å². The number of nitro groups is 1. The number of non-ortho nitro benzene ring substituents is 1. The van der Waals surface area contributed by atoms with Crippen LogP contribution in [0.15, 0.2) is 107 Å². The van der Waals surface area contributed by atoms with E-state index in [1.54, 1.807) is 18.3 Å². The van der Waals surface area contributed by atoms with Gasteiger partial charge in [0.15, 0.2) is 0 Å². The fraction of sp³-hybridized carbons (Fsp3) is 0. The number of nitrogens with zero attached hydrogens (tertiary/aromatic N) is 2. The van der Waals surface area contributed by atoms with E-state index in [-0.39, 0.29) is 27.0 Å². The lowest BCUT2D eigenvalue weighted by Gasteiger charge is -2.13. The van der Waals surface area contributed by atoms with Gasteiger partial charge >= 0.3 is 0 Å². The zero-order valence-corrected chi connectivity index (χ0v) is 21.2. The van der Waals surface area contributed by atoms with Crippen LogP contribution in [0, 0.1) is 10.1 Å². The molecule has 0 saturated carbocycles. The molecule has 5 rings (SSSR count). The summed E-state index contributed by atoms with van der Waals surface area (Å²) in [5, 5.41) is 16.8. The summed E-state index contributed by atoms with van der Waals surface area (Å²) in [5.74, 6) is 0. The van der Waals surface area contributed by atoms with Crippen molar-refractivity contribution < 1.29 is 13.3 Å². The number of nitrogens with one attached hydrogen (secondary N) is 3. The summed E-state index contributed by atoms with van der Waals surface area (Å²) in [4.78, 5) is 13.8. The molecule has 1 heterocycles. The first-order valence-corrected chi connectivity index (χ1v) is 13.2. The highest BCUT2D eigenvalue weighted by molar-refractivity contribution is 7.93. The molecular weight excluding hydrogens is 526 g/mol. The Hall–Kier alpha value is -4.67. The van der Waals surface area contributed by atoms with Gasteiger partial charge < -0.3 is 4.98 Å². The molecule has 5 aromatic rings. The van der Waals surface area contributed by atoms with E-state index in [1.807, 2.05) is 54.6 Å². The molecule has 0 aliphatic heterocycles. The number of hydrogen-bond acceptors (Lipinski definition) is 6. The van der Waals surface area contributed by atoms with Gasteiger partial charge in [0.05, 0.1) is 33.2 Å². The maximum atomic E-state index is 13.3. The number of H-pyrrole nitrogens is 1. The molecule has 0 amide bonds. The van der Waals surface area contributed by atoms with Gasteiger partial charge in [0.2, 0.25) is 0 Å². The monoisotopic (exact) mass is 545 g/mol. The van der Waals surface area contributed by atoms with Gasteiger partial charge in [-0.2, -0.15) is 5.10 Å². The summed E-state index contributed by atoms with van der Waals surface area (Å²) < 4.78 is 28.9. The number of hydrogen-bond donors (Lipinski definition) is 3. The Bertz CT molecular complexity index is 1790. The van der Waals surface area contributed by atoms with Gasteiger partial charge in [-0.05, 0) is 29.8 Å². The molecule has 0 fully saturated rings. The lowest BCUT2D eigenvalue weighted by Crippen LogP contribution is -2.15. The minimum atomic E-state index is -4.27. The van der Waals surface area contributed by atoms with Gasteiger partial charge in [-0.1, -0.05) is 72.3 Å². The van der Waals surface area contributed by atoms with E-state index < -0.39 is 14.9 Å². The molecule has 0 unspecified atom stereocenters. The van der Waals surface area contributed by atoms with Crippen LogP contribution in [-0.4, -0.2) is 24.5 Å². The Labute approximate surface area is 223 Å². The highest BCUT2D eigenvalue weighted by Crippen LogP contribution is 2.31. The van der Waals surface area contributed by atoms with Gasteiger partial charge in [0.1, 0.15) is 4.90 Å². The number of rotatable bonds is 8. The van der Waals surface area contributed by atoms with E-state index in [4.69, 9.17) is 11.6 Å². The van der Waals surface area contributed by atoms with Crippen molar-refractivity contribution in [1.29, 1.82) is 0 Å². The number of halogens is 1. The molecule has 3 N–H and O–H groups in total. The molecule has 9 nitrogen and oxygen atoms in total. The van der Waals surface area contributed by atoms with Crippen molar-refractivity contribution in [2.45, 2.75) is 4.90 Å². The Kier molecular flexibility index (Phi) is 6.82. The second-order valence-corrected chi connectivity index (χ2v) is 10.3. The highest BCUT2D eigenvalue weighted by atomic mass is 35.5. The quantitative estimate of drug-likeness (QED) is 0.114. The van der Waals surface area contributed by atoms with Crippen molar-refractivity contribution in [1.82, 2.24) is 4.98 Å². The number of sulfonamides is 1. The zero-order chi connectivity index (χ0) is 26.7. The lowest BCUT2D eigenvalue weighted by molar-refractivity contribution is -0.385. The first-order chi connectivity index (χ1) is 18.3. The standard InChI is InChI=1S/C27H20ClN5O4S/c28-22-11-5-7-13-24(22)32-38(36,37)26-16-19(33(34)35)14-15-25(26)31-29-17-21-20-10-4-6-12-23(20)30-27(21)18-8-2-1-3-9-18/h1-17,30-32H. The summed E-state index contributed by atoms with van der Waals surface area (Å²) in [6.07, 6.45) is 1.58. The van der Waals surface area contributed by atoms with Crippen LogP contribution in [0.1, 0.15) is 5.56 Å². The third-order valence-electron chi connectivity index (χ3n) is 5.77. The maximum absolute atomic E-state index is 13.3. The summed E-state index contributed by atoms with van der Waals surface area (Å²) >= 11 is 6.12. The molecule has 0 radical (unpaired) electrons. The van der Waals surface area contributed by atoms with Crippen LogP contribution in [0.5, 0.6) is 0 Å². The van der Waals surface area contributed by atoms with Crippen molar-refractivity contribution in [3.8, 4) is 11.3 Å². The van der Waals surface area contributed by atoms with E-state index in [1.165, 1.54) is 24.3 Å². The van der Waals surface area contributed by atoms with Gasteiger partial charge in [-0.15, -0.1) is 0 Å². The second kappa shape index (κ2) is 10.4. The third kappa shape index (κ3) is 5.08. The minimum Gasteiger partial charge on any atom is -0.354 e. The van der Waals surface area contributed by atoms with E-state index in [9.17, 15) is 18.5 Å². The van der Waals surface area contributed by atoms with Gasteiger partial charge in [-0.25, -0.2) is 8.42 Å². The molecule has 4 aromatic carbocycles. The number of benzene rings is 4. The fourth-order valence-corrected chi connectivity index (χ4v) is 5.48. The first-order valence-electron chi connectivity index (χ1n) is 11.3. The molecule has 0 aliphatic carbocycles. The largest absolute Gasteiger partial charge is 0.354 e. The smallest absolute Gasteiger partial charge is 0.270 e. The average molecular weight is 546 g/mol. The number of anilines is 2. The number of nitro benzene ring substituents is 1. The molecule has 0 saturated heterocycles. The number of aromatic amines is 1. The normalized spacial score (nSPS) is 11.6. The van der Waals surface area contributed by atoms with Gasteiger partial charge in [0.25, 0.3) is 15.7 Å². The van der Waals surface area contributed by atoms with Crippen LogP contribution in [-0.2, 0) is 10.0 Å². The molecular formula is C27H20ClN5O4S. The minimum absolute atomic E-state index is 0.0486. The first kappa shape index (κ1) is 25.0. The fourth-order valence-electron chi connectivity index (χ4n) is 3.98. The van der Waals surface area contributed by atoms with Crippen LogP contribution in [0.4, 0.5) is 17.1 Å². The summed E-state index contributed by atoms with van der Waals surface area (Å²) in [7, 11) is -4.27. The Balaban J connectivity index is 1.53. The van der Waals surface area contributed by atoms with Crippen molar-refractivity contribution in [3.63, 3.8) is 0 Å². The molecule has 0 aliphatic rings. The molecule has 11 heteroatoms. The number of aromatic nitrogens is 1. The Morgan fingerprint density at radius 3 is 2.37 bits per heavy atom. The second-order valence-electron chi connectivity index (χ2n) is 8.22. The maximum Gasteiger partial charge on any atom is 0.270 e. The summed E-state index contributed by atoms with van der Waals surface area (Å²) in [6, 6.07) is 27.2. The number of para-hydroxylation sites is 2. The van der Waals surface area contributed by atoms with Crippen molar-refractivity contribution in [3.05, 3.63) is 118 Å². The number of fused-ring (bicyclic) bond motifs is 1. The van der Waals surface area contributed by atoms with Crippen molar-refractivity contribution in [2.75, 3.05) is 10.1 Å². The van der Waals surface area contributed by atoms with Crippen LogP contribution in [0.25, 0.3) is 22.2 Å². The molecule has 0 bridgehead atoms. The van der Waals surface area contributed by atoms with Crippen LogP contribution < -0.4 is 10.1 Å². The van der Waals surface area contributed by atoms with E-state index in [2.05, 4.69) is 20.2 Å². The third-order valence-corrected chi connectivity index (χ3v) is 7.51. The van der Waals surface area contributed by atoms with Crippen molar-refractivity contribution >= 4 is 55.8 Å². The lowest BCUT2D eigenvalue weighted by atomic mass is 10.1. The zero-order valence-electron chi connectivity index (χ0n) is 19.6. The number of hydrazone groups is 1. The summed E-state index contributed by atoms with van der Waals surface area (Å²) in [5.41, 5.74) is 6.05. The Morgan fingerprint density at radius 2 is 1.61 bits per heavy atom. The predicted molar refractivity (Wildman–Crippen MR) is 150 cm³/mol. The topological polar surface area (TPSA) is 129 Å². The molecule has 38 heavy (non-hydrogen) atoms. The summed E-state index contributed by atoms with van der Waals surface area (Å²) in [6.45, 7) is 0. The van der Waals surface area contributed by atoms with E-state index >= 15 is 0 Å². The van der Waals surface area contributed by atoms with Crippen LogP contribution in [0.2, 0.25) is 5.02 Å². The predicted octanol–water partition coefficient (Wildman–Crippen LogP) is 6.64. The SMILES string of the molecule is O=[N+]([O-])c1ccc(NN=Cc2c(-c3ccccc3)[nH]c3ccccc23)c(S(=O)(=O)Nc2ccccc2Cl)c1. The van der Waals surface area contributed by atoms with Crippen LogP contribution >= 0.6 is 11.6 Å². The molecule has 0 atom stereocenters. The Morgan fingerprint density at radius 1 is 0.895 bits per heavy atom.